The Morgan fingerprint density at radius 3 is 2.74 bits per heavy atom. The molecule has 1 unspecified atom stereocenters. The van der Waals surface area contributed by atoms with Crippen LogP contribution in [0.3, 0.4) is 0 Å². The summed E-state index contributed by atoms with van der Waals surface area (Å²) in [6.07, 6.45) is 11.9. The van der Waals surface area contributed by atoms with Crippen LogP contribution in [0.5, 0.6) is 0 Å². The van der Waals surface area contributed by atoms with Gasteiger partial charge in [-0.1, -0.05) is 41.9 Å². The normalized spacial score (nSPS) is 14.8. The van der Waals surface area contributed by atoms with Crippen LogP contribution >= 0.6 is 11.6 Å². The van der Waals surface area contributed by atoms with Crippen LogP contribution in [-0.4, -0.2) is 43.8 Å². The maximum absolute atomic E-state index is 12.5. The van der Waals surface area contributed by atoms with E-state index < -0.39 is 0 Å². The second-order valence-electron chi connectivity index (χ2n) is 9.53. The van der Waals surface area contributed by atoms with Gasteiger partial charge in [0.25, 0.3) is 5.91 Å². The quantitative estimate of drug-likeness (QED) is 0.248. The Labute approximate surface area is 227 Å². The van der Waals surface area contributed by atoms with E-state index in [1.54, 1.807) is 18.6 Å². The zero-order valence-corrected chi connectivity index (χ0v) is 22.0. The summed E-state index contributed by atoms with van der Waals surface area (Å²) in [4.78, 5) is 31.0. The lowest BCUT2D eigenvalue weighted by atomic mass is 9.90. The van der Waals surface area contributed by atoms with Crippen LogP contribution in [-0.2, 0) is 26.1 Å². The fourth-order valence-electron chi connectivity index (χ4n) is 4.95. The summed E-state index contributed by atoms with van der Waals surface area (Å²) in [6.45, 7) is 3.78. The van der Waals surface area contributed by atoms with Gasteiger partial charge in [0.05, 0.1) is 28.6 Å². The zero-order valence-electron chi connectivity index (χ0n) is 21.2. The summed E-state index contributed by atoms with van der Waals surface area (Å²) in [6, 6.07) is 14.6. The Morgan fingerprint density at radius 2 is 1.92 bits per heavy atom. The number of benzene rings is 1. The third-order valence-corrected chi connectivity index (χ3v) is 7.23. The van der Waals surface area contributed by atoms with Crippen LogP contribution < -0.4 is 10.6 Å². The van der Waals surface area contributed by atoms with E-state index >= 15 is 0 Å². The van der Waals surface area contributed by atoms with E-state index in [2.05, 4.69) is 60.8 Å². The first kappa shape index (κ1) is 26.0. The summed E-state index contributed by atoms with van der Waals surface area (Å²) in [5, 5.41) is 6.82. The molecule has 196 valence electrons. The van der Waals surface area contributed by atoms with Gasteiger partial charge in [0.1, 0.15) is 0 Å². The lowest BCUT2D eigenvalue weighted by Crippen LogP contribution is -2.36. The van der Waals surface area contributed by atoms with Crippen LogP contribution in [0.25, 0.3) is 0 Å². The lowest BCUT2D eigenvalue weighted by molar-refractivity contribution is 0.0951. The van der Waals surface area contributed by atoms with Crippen molar-refractivity contribution in [3.05, 3.63) is 112 Å². The van der Waals surface area contributed by atoms with E-state index in [1.807, 2.05) is 18.5 Å². The second kappa shape index (κ2) is 12.8. The van der Waals surface area contributed by atoms with Gasteiger partial charge in [-0.15, -0.1) is 0 Å². The number of carbonyl (C=O) groups excluding carboxylic acids is 1. The maximum Gasteiger partial charge on any atom is 0.253 e. The number of hydrogen-bond acceptors (Lipinski definition) is 6. The van der Waals surface area contributed by atoms with Crippen molar-refractivity contribution in [3.63, 3.8) is 0 Å². The standard InChI is InChI=1S/C29H32ClN7O/c30-26-18-31-12-10-25(26)29(38)35-15-21-6-8-22(9-7-21)19-37(14-13-32-16-24-17-33-20-36-24)27-5-1-3-23-4-2-11-34-28(23)27/h2,4,6-12,17-18,20,27,32H,1,3,5,13-16,19H2,(H,33,36)(H,35,38). The minimum absolute atomic E-state index is 0.209. The van der Waals surface area contributed by atoms with Gasteiger partial charge in [0, 0.05) is 63.2 Å². The summed E-state index contributed by atoms with van der Waals surface area (Å²) >= 11 is 6.10. The van der Waals surface area contributed by atoms with Crippen molar-refractivity contribution in [1.29, 1.82) is 0 Å². The molecule has 8 nitrogen and oxygen atoms in total. The summed E-state index contributed by atoms with van der Waals surface area (Å²) in [5.74, 6) is -0.209. The molecular formula is C29H32ClN7O. The predicted molar refractivity (Wildman–Crippen MR) is 147 cm³/mol. The van der Waals surface area contributed by atoms with Crippen molar-refractivity contribution in [2.24, 2.45) is 0 Å². The molecule has 1 amide bonds. The maximum atomic E-state index is 12.5. The Kier molecular flexibility index (Phi) is 8.75. The molecular weight excluding hydrogens is 498 g/mol. The van der Waals surface area contributed by atoms with E-state index in [4.69, 9.17) is 16.6 Å². The van der Waals surface area contributed by atoms with Crippen molar-refractivity contribution in [3.8, 4) is 0 Å². The van der Waals surface area contributed by atoms with Crippen LogP contribution in [0, 0.1) is 0 Å². The number of H-pyrrole nitrogens is 1. The average molecular weight is 530 g/mol. The number of fused-ring (bicyclic) bond motifs is 1. The largest absolute Gasteiger partial charge is 0.348 e. The molecule has 38 heavy (non-hydrogen) atoms. The smallest absolute Gasteiger partial charge is 0.253 e. The number of halogens is 1. The fourth-order valence-corrected chi connectivity index (χ4v) is 5.15. The molecule has 0 saturated heterocycles. The molecule has 1 aliphatic rings. The number of hydrogen-bond donors (Lipinski definition) is 3. The SMILES string of the molecule is O=C(NCc1ccc(CN(CCNCc2cnc[nH]2)C2CCCc3cccnc32)cc1)c1ccncc1Cl. The number of aromatic amines is 1. The molecule has 3 aromatic heterocycles. The van der Waals surface area contributed by atoms with E-state index in [1.165, 1.54) is 29.4 Å². The first-order valence-corrected chi connectivity index (χ1v) is 13.4. The molecule has 4 aromatic rings. The Bertz CT molecular complexity index is 1330. The van der Waals surface area contributed by atoms with Gasteiger partial charge < -0.3 is 15.6 Å². The van der Waals surface area contributed by atoms with Gasteiger partial charge in [0.15, 0.2) is 0 Å². The number of aryl methyl sites for hydroxylation is 1. The first-order chi connectivity index (χ1) is 18.7. The highest BCUT2D eigenvalue weighted by atomic mass is 35.5. The Morgan fingerprint density at radius 1 is 1.05 bits per heavy atom. The van der Waals surface area contributed by atoms with Gasteiger partial charge in [0.2, 0.25) is 0 Å². The molecule has 0 aliphatic heterocycles. The molecule has 0 bridgehead atoms. The topological polar surface area (TPSA) is 98.8 Å². The van der Waals surface area contributed by atoms with E-state index in [0.29, 0.717) is 17.1 Å². The molecule has 5 rings (SSSR count). The molecule has 1 aromatic carbocycles. The number of rotatable bonds is 11. The molecule has 0 fully saturated rings. The zero-order chi connectivity index (χ0) is 26.2. The molecule has 3 N–H and O–H groups in total. The number of aromatic nitrogens is 4. The van der Waals surface area contributed by atoms with Crippen LogP contribution in [0.15, 0.2) is 73.6 Å². The molecule has 3 heterocycles. The van der Waals surface area contributed by atoms with E-state index in [9.17, 15) is 4.79 Å². The van der Waals surface area contributed by atoms with Crippen molar-refractivity contribution in [2.45, 2.75) is 44.9 Å². The highest BCUT2D eigenvalue weighted by Gasteiger charge is 2.27. The first-order valence-electron chi connectivity index (χ1n) is 13.0. The molecule has 0 radical (unpaired) electrons. The summed E-state index contributed by atoms with van der Waals surface area (Å²) in [7, 11) is 0. The van der Waals surface area contributed by atoms with Crippen molar-refractivity contribution in [1.82, 2.24) is 35.5 Å². The summed E-state index contributed by atoms with van der Waals surface area (Å²) in [5.41, 5.74) is 6.34. The second-order valence-corrected chi connectivity index (χ2v) is 9.94. The Hall–Kier alpha value is -3.59. The third-order valence-electron chi connectivity index (χ3n) is 6.93. The minimum Gasteiger partial charge on any atom is -0.348 e. The average Bonchev–Trinajstić information content (AvgIpc) is 3.48. The molecule has 9 heteroatoms. The van der Waals surface area contributed by atoms with Gasteiger partial charge in [-0.25, -0.2) is 4.98 Å². The fraction of sp³-hybridized carbons (Fsp3) is 0.310. The van der Waals surface area contributed by atoms with Gasteiger partial charge >= 0.3 is 0 Å². The van der Waals surface area contributed by atoms with Crippen LogP contribution in [0.4, 0.5) is 0 Å². The number of amides is 1. The number of pyridine rings is 2. The number of carbonyl (C=O) groups is 1. The number of nitrogens with zero attached hydrogens (tertiary/aromatic N) is 4. The van der Waals surface area contributed by atoms with Gasteiger partial charge in [-0.05, 0) is 48.1 Å². The molecule has 0 spiro atoms. The summed E-state index contributed by atoms with van der Waals surface area (Å²) < 4.78 is 0. The van der Waals surface area contributed by atoms with Gasteiger partial charge in [-0.2, -0.15) is 0 Å². The number of imidazole rings is 1. The van der Waals surface area contributed by atoms with Crippen molar-refractivity contribution < 1.29 is 4.79 Å². The van der Waals surface area contributed by atoms with Crippen LogP contribution in [0.1, 0.15) is 57.3 Å². The Balaban J connectivity index is 1.23. The lowest BCUT2D eigenvalue weighted by Gasteiger charge is -2.35. The molecule has 0 saturated carbocycles. The van der Waals surface area contributed by atoms with E-state index in [-0.39, 0.29) is 11.9 Å². The monoisotopic (exact) mass is 529 g/mol. The highest BCUT2D eigenvalue weighted by molar-refractivity contribution is 6.33. The minimum atomic E-state index is -0.209. The molecule has 1 aliphatic carbocycles. The molecule has 1 atom stereocenters. The highest BCUT2D eigenvalue weighted by Crippen LogP contribution is 2.33. The van der Waals surface area contributed by atoms with E-state index in [0.717, 1.165) is 50.3 Å². The third kappa shape index (κ3) is 6.64. The van der Waals surface area contributed by atoms with Gasteiger partial charge in [-0.3, -0.25) is 19.7 Å². The van der Waals surface area contributed by atoms with Crippen LogP contribution in [0.2, 0.25) is 5.02 Å². The predicted octanol–water partition coefficient (Wildman–Crippen LogP) is 4.45. The number of nitrogens with one attached hydrogen (secondary N) is 3. The van der Waals surface area contributed by atoms with Crippen molar-refractivity contribution >= 4 is 17.5 Å². The van der Waals surface area contributed by atoms with Crippen molar-refractivity contribution in [2.75, 3.05) is 13.1 Å².